The van der Waals surface area contributed by atoms with Crippen LogP contribution in [0.1, 0.15) is 45.3 Å². The van der Waals surface area contributed by atoms with E-state index in [1.54, 1.807) is 16.8 Å². The topological polar surface area (TPSA) is 119 Å². The number of carbonyl (C=O) groups excluding carboxylic acids is 1. The number of carbonyl (C=O) groups is 1. The van der Waals surface area contributed by atoms with Crippen LogP contribution in [0.3, 0.4) is 0 Å². The third-order valence-corrected chi connectivity index (χ3v) is 5.26. The van der Waals surface area contributed by atoms with E-state index in [0.29, 0.717) is 17.6 Å². The fourth-order valence-corrected chi connectivity index (χ4v) is 3.57. The molecule has 0 spiro atoms. The van der Waals surface area contributed by atoms with E-state index in [1.807, 2.05) is 0 Å². The van der Waals surface area contributed by atoms with Gasteiger partial charge in [0.05, 0.1) is 18.6 Å². The number of aliphatic hydroxyl groups is 2. The van der Waals surface area contributed by atoms with E-state index in [1.165, 1.54) is 0 Å². The largest absolute Gasteiger partial charge is 0.449 e. The average Bonchev–Trinajstić information content (AvgIpc) is 3.29. The van der Waals surface area contributed by atoms with E-state index in [4.69, 9.17) is 27.5 Å². The summed E-state index contributed by atoms with van der Waals surface area (Å²) in [7, 11) is 0. The van der Waals surface area contributed by atoms with Gasteiger partial charge in [0.1, 0.15) is 23.8 Å². The predicted octanol–water partition coefficient (Wildman–Crippen LogP) is 2.86. The summed E-state index contributed by atoms with van der Waals surface area (Å²) in [5.41, 5.74) is -1.10. The molecule has 30 heavy (non-hydrogen) atoms. The van der Waals surface area contributed by atoms with E-state index in [0.717, 1.165) is 25.7 Å². The Morgan fingerprint density at radius 2 is 2.30 bits per heavy atom. The Hall–Kier alpha value is -2.38. The van der Waals surface area contributed by atoms with Crippen molar-refractivity contribution in [1.82, 2.24) is 14.5 Å². The molecular formula is C20H25ClN4O5. The number of ether oxygens (including phenoxy) is 2. The molecule has 162 valence electrons. The van der Waals surface area contributed by atoms with Crippen LogP contribution in [0.2, 0.25) is 5.28 Å². The molecule has 0 aromatic carbocycles. The second-order valence-electron chi connectivity index (χ2n) is 7.14. The molecule has 3 heterocycles. The Bertz CT molecular complexity index is 943. The van der Waals surface area contributed by atoms with Gasteiger partial charge in [-0.2, -0.15) is 9.97 Å². The summed E-state index contributed by atoms with van der Waals surface area (Å²) in [6.07, 6.45) is 8.90. The summed E-state index contributed by atoms with van der Waals surface area (Å²) in [6, 6.07) is 1.69. The Balaban J connectivity index is 1.77. The number of anilines is 1. The molecule has 0 radical (unpaired) electrons. The van der Waals surface area contributed by atoms with Crippen molar-refractivity contribution in [3.8, 4) is 12.3 Å². The van der Waals surface area contributed by atoms with E-state index in [2.05, 4.69) is 28.1 Å². The van der Waals surface area contributed by atoms with Crippen molar-refractivity contribution in [2.75, 3.05) is 18.5 Å². The number of aromatic nitrogens is 3. The normalized spacial score (nSPS) is 23.4. The lowest BCUT2D eigenvalue weighted by Gasteiger charge is -2.23. The number of terminal acetylenes is 1. The summed E-state index contributed by atoms with van der Waals surface area (Å²) in [6.45, 7) is 1.91. The molecule has 1 saturated heterocycles. The highest BCUT2D eigenvalue weighted by Crippen LogP contribution is 2.38. The van der Waals surface area contributed by atoms with Gasteiger partial charge in [-0.15, -0.1) is 6.42 Å². The third-order valence-electron chi connectivity index (χ3n) is 5.10. The number of aliphatic hydroxyl groups excluding tert-OH is 2. The van der Waals surface area contributed by atoms with E-state index in [-0.39, 0.29) is 17.5 Å². The second-order valence-corrected chi connectivity index (χ2v) is 7.48. The lowest BCUT2D eigenvalue weighted by molar-refractivity contribution is -0.0890. The van der Waals surface area contributed by atoms with Crippen molar-refractivity contribution in [2.45, 2.75) is 57.0 Å². The maximum Gasteiger partial charge on any atom is 0.412 e. The molecular weight excluding hydrogens is 412 g/mol. The molecule has 9 nitrogen and oxygen atoms in total. The van der Waals surface area contributed by atoms with Crippen molar-refractivity contribution in [3.63, 3.8) is 0 Å². The van der Waals surface area contributed by atoms with Gasteiger partial charge in [-0.25, -0.2) is 4.79 Å². The van der Waals surface area contributed by atoms with E-state index < -0.39 is 30.6 Å². The number of hydrogen-bond acceptors (Lipinski definition) is 7. The molecule has 0 bridgehead atoms. The van der Waals surface area contributed by atoms with Crippen molar-refractivity contribution >= 4 is 34.5 Å². The molecule has 3 N–H and O–H groups in total. The van der Waals surface area contributed by atoms with Crippen LogP contribution in [0.4, 0.5) is 10.6 Å². The number of unbranched alkanes of at least 4 members (excludes halogenated alkanes) is 3. The third kappa shape index (κ3) is 4.52. The average molecular weight is 437 g/mol. The molecule has 2 aromatic rings. The minimum atomic E-state index is -1.49. The molecule has 2 aromatic heterocycles. The summed E-state index contributed by atoms with van der Waals surface area (Å²) < 4.78 is 12.6. The number of hydrogen-bond donors (Lipinski definition) is 3. The smallest absolute Gasteiger partial charge is 0.412 e. The van der Waals surface area contributed by atoms with Crippen LogP contribution in [0.5, 0.6) is 0 Å². The molecule has 0 aliphatic carbocycles. The number of amides is 1. The van der Waals surface area contributed by atoms with Crippen molar-refractivity contribution in [3.05, 3.63) is 17.5 Å². The van der Waals surface area contributed by atoms with Gasteiger partial charge in [0.2, 0.25) is 5.28 Å². The van der Waals surface area contributed by atoms with Crippen LogP contribution in [0.25, 0.3) is 11.0 Å². The fourth-order valence-electron chi connectivity index (χ4n) is 3.40. The minimum Gasteiger partial charge on any atom is -0.449 e. The van der Waals surface area contributed by atoms with Gasteiger partial charge in [-0.05, 0) is 24.1 Å². The number of rotatable bonds is 8. The van der Waals surface area contributed by atoms with Gasteiger partial charge in [-0.1, -0.05) is 32.1 Å². The second kappa shape index (κ2) is 9.62. The highest BCUT2D eigenvalue weighted by atomic mass is 35.5. The number of fused-ring (bicyclic) bond motifs is 1. The van der Waals surface area contributed by atoms with Gasteiger partial charge in [0, 0.05) is 12.6 Å². The number of nitrogens with zero attached hydrogens (tertiary/aromatic N) is 3. The minimum absolute atomic E-state index is 0.0791. The number of halogens is 1. The first-order valence-corrected chi connectivity index (χ1v) is 10.2. The molecule has 1 fully saturated rings. The first-order chi connectivity index (χ1) is 14.4. The zero-order valence-electron chi connectivity index (χ0n) is 16.7. The lowest BCUT2D eigenvalue weighted by Crippen LogP contribution is -2.41. The molecule has 10 heteroatoms. The number of nitrogens with one attached hydrogen (secondary N) is 1. The summed E-state index contributed by atoms with van der Waals surface area (Å²) in [5, 5.41) is 22.9. The fraction of sp³-hybridized carbons (Fsp3) is 0.550. The van der Waals surface area contributed by atoms with Crippen LogP contribution < -0.4 is 5.32 Å². The highest BCUT2D eigenvalue weighted by Gasteiger charge is 2.47. The lowest BCUT2D eigenvalue weighted by atomic mass is 9.99. The maximum absolute atomic E-state index is 12.1. The monoisotopic (exact) mass is 436 g/mol. The van der Waals surface area contributed by atoms with Gasteiger partial charge < -0.3 is 24.3 Å². The quantitative estimate of drug-likeness (QED) is 0.330. The van der Waals surface area contributed by atoms with E-state index in [9.17, 15) is 15.0 Å². The summed E-state index contributed by atoms with van der Waals surface area (Å²) >= 11 is 6.05. The van der Waals surface area contributed by atoms with Crippen molar-refractivity contribution < 1.29 is 24.5 Å². The molecule has 0 saturated carbocycles. The standard InChI is InChI=1S/C20H25ClN4O5/c1-3-5-6-7-10-29-19(28)23-16-13-8-9-25(17(13)24-18(21)22-16)15-11-14(27)20(4-2,12-26)30-15/h2,8-9,14-15,26-27H,3,5-7,10-12H2,1H3,(H,22,23,24,28)/t14-,15+,20+/m0/s1. The van der Waals surface area contributed by atoms with Crippen molar-refractivity contribution in [1.29, 1.82) is 0 Å². The molecule has 1 amide bonds. The molecule has 3 rings (SSSR count). The molecule has 1 aliphatic heterocycles. The summed E-state index contributed by atoms with van der Waals surface area (Å²) in [4.78, 5) is 20.4. The SMILES string of the molecule is C#C[C@]1(CO)O[C@@H](n2ccc3c(NC(=O)OCCCCCC)nc(Cl)nc32)C[C@@H]1O. The predicted molar refractivity (Wildman–Crippen MR) is 111 cm³/mol. The van der Waals surface area contributed by atoms with Gasteiger partial charge >= 0.3 is 6.09 Å². The Morgan fingerprint density at radius 1 is 1.50 bits per heavy atom. The highest BCUT2D eigenvalue weighted by molar-refractivity contribution is 6.28. The molecule has 1 aliphatic rings. The Labute approximate surface area is 179 Å². The van der Waals surface area contributed by atoms with Crippen LogP contribution >= 0.6 is 11.6 Å². The van der Waals surface area contributed by atoms with Gasteiger partial charge in [-0.3, -0.25) is 5.32 Å². The Kier molecular flexibility index (Phi) is 7.15. The maximum atomic E-state index is 12.1. The van der Waals surface area contributed by atoms with Gasteiger partial charge in [0.15, 0.2) is 5.60 Å². The Morgan fingerprint density at radius 3 is 2.97 bits per heavy atom. The molecule has 3 atom stereocenters. The van der Waals surface area contributed by atoms with Crippen LogP contribution in [-0.4, -0.2) is 55.8 Å². The van der Waals surface area contributed by atoms with Gasteiger partial charge in [0.25, 0.3) is 0 Å². The van der Waals surface area contributed by atoms with Crippen LogP contribution in [0, 0.1) is 12.3 Å². The zero-order chi connectivity index (χ0) is 21.7. The first-order valence-electron chi connectivity index (χ1n) is 9.86. The zero-order valence-corrected chi connectivity index (χ0v) is 17.4. The van der Waals surface area contributed by atoms with Crippen LogP contribution in [-0.2, 0) is 9.47 Å². The summed E-state index contributed by atoms with van der Waals surface area (Å²) in [5.74, 6) is 2.53. The first kappa shape index (κ1) is 22.3. The van der Waals surface area contributed by atoms with Crippen molar-refractivity contribution in [2.24, 2.45) is 0 Å². The van der Waals surface area contributed by atoms with Crippen LogP contribution in [0.15, 0.2) is 12.3 Å². The van der Waals surface area contributed by atoms with E-state index >= 15 is 0 Å². The molecule has 0 unspecified atom stereocenters.